The predicted molar refractivity (Wildman–Crippen MR) is 115 cm³/mol. The molecule has 0 aliphatic rings. The SMILES string of the molecule is Cc1ccc2nc(NC(=O)CSc3nc4c(=O)n(C)c(=O)n(C)c4n3C)sc2c1. The smallest absolute Gasteiger partial charge is 0.308 e. The lowest BCUT2D eigenvalue weighted by Crippen LogP contribution is -2.37. The van der Waals surface area contributed by atoms with Gasteiger partial charge in [0.25, 0.3) is 5.56 Å². The molecule has 9 nitrogen and oxygen atoms in total. The van der Waals surface area contributed by atoms with E-state index in [9.17, 15) is 14.4 Å². The van der Waals surface area contributed by atoms with Gasteiger partial charge in [-0.25, -0.2) is 14.8 Å². The van der Waals surface area contributed by atoms with Crippen molar-refractivity contribution >= 4 is 55.5 Å². The lowest BCUT2D eigenvalue weighted by atomic mass is 10.2. The fourth-order valence-electron chi connectivity index (χ4n) is 3.06. The van der Waals surface area contributed by atoms with Crippen LogP contribution in [0.5, 0.6) is 0 Å². The van der Waals surface area contributed by atoms with E-state index in [4.69, 9.17) is 0 Å². The third kappa shape index (κ3) is 3.36. The van der Waals surface area contributed by atoms with Gasteiger partial charge in [-0.1, -0.05) is 29.2 Å². The van der Waals surface area contributed by atoms with Crippen molar-refractivity contribution in [2.24, 2.45) is 21.1 Å². The Morgan fingerprint density at radius 1 is 1.14 bits per heavy atom. The molecule has 4 rings (SSSR count). The number of imidazole rings is 1. The third-order valence-corrected chi connectivity index (χ3v) is 6.51. The lowest BCUT2D eigenvalue weighted by molar-refractivity contribution is -0.113. The van der Waals surface area contributed by atoms with E-state index < -0.39 is 11.2 Å². The molecule has 150 valence electrons. The molecule has 1 amide bonds. The summed E-state index contributed by atoms with van der Waals surface area (Å²) in [6.45, 7) is 2.01. The Kier molecular flexibility index (Phi) is 4.79. The maximum absolute atomic E-state index is 12.4. The molecule has 0 aliphatic heterocycles. The van der Waals surface area contributed by atoms with Gasteiger partial charge in [-0.15, -0.1) is 0 Å². The molecule has 1 aromatic carbocycles. The van der Waals surface area contributed by atoms with Crippen molar-refractivity contribution in [2.45, 2.75) is 12.1 Å². The molecule has 0 unspecified atom stereocenters. The van der Waals surface area contributed by atoms with Crippen LogP contribution in [0.2, 0.25) is 0 Å². The number of aryl methyl sites for hydroxylation is 3. The van der Waals surface area contributed by atoms with E-state index in [-0.39, 0.29) is 17.2 Å². The first-order chi connectivity index (χ1) is 13.8. The lowest BCUT2D eigenvalue weighted by Gasteiger charge is -2.06. The first-order valence-corrected chi connectivity index (χ1v) is 10.5. The number of amides is 1. The quantitative estimate of drug-likeness (QED) is 0.494. The standard InChI is InChI=1S/C18H18N6O3S2/c1-9-5-6-10-11(7-9)29-16(19-10)20-12(25)8-28-17-21-13-14(22(17)2)23(3)18(27)24(4)15(13)26/h5-7H,8H2,1-4H3,(H,19,20,25). The number of carbonyl (C=O) groups is 1. The fourth-order valence-corrected chi connectivity index (χ4v) is 4.81. The molecule has 0 saturated heterocycles. The first-order valence-electron chi connectivity index (χ1n) is 8.68. The van der Waals surface area contributed by atoms with E-state index >= 15 is 0 Å². The maximum atomic E-state index is 12.4. The molecule has 0 fully saturated rings. The van der Waals surface area contributed by atoms with E-state index in [1.807, 2.05) is 25.1 Å². The molecule has 29 heavy (non-hydrogen) atoms. The van der Waals surface area contributed by atoms with E-state index in [1.54, 1.807) is 18.7 Å². The van der Waals surface area contributed by atoms with Gasteiger partial charge in [0.05, 0.1) is 16.0 Å². The van der Waals surface area contributed by atoms with Gasteiger partial charge >= 0.3 is 5.69 Å². The molecule has 0 bridgehead atoms. The van der Waals surface area contributed by atoms with Crippen molar-refractivity contribution < 1.29 is 4.79 Å². The minimum Gasteiger partial charge on any atom is -0.308 e. The number of carbonyl (C=O) groups excluding carboxylic acids is 1. The van der Waals surface area contributed by atoms with Crippen LogP contribution in [0.25, 0.3) is 21.4 Å². The Morgan fingerprint density at radius 3 is 2.66 bits per heavy atom. The number of anilines is 1. The molecule has 0 atom stereocenters. The number of benzene rings is 1. The van der Waals surface area contributed by atoms with Gasteiger partial charge in [-0.05, 0) is 24.6 Å². The number of aromatic nitrogens is 5. The first kappa shape index (κ1) is 19.4. The molecular weight excluding hydrogens is 412 g/mol. The highest BCUT2D eigenvalue weighted by Crippen LogP contribution is 2.27. The molecule has 4 aromatic rings. The highest BCUT2D eigenvalue weighted by atomic mass is 32.2. The van der Waals surface area contributed by atoms with Crippen molar-refractivity contribution in [3.05, 3.63) is 44.6 Å². The van der Waals surface area contributed by atoms with Crippen molar-refractivity contribution in [1.29, 1.82) is 0 Å². The van der Waals surface area contributed by atoms with Gasteiger partial charge in [-0.3, -0.25) is 18.7 Å². The molecule has 0 aliphatic carbocycles. The number of hydrogen-bond acceptors (Lipinski definition) is 7. The second-order valence-corrected chi connectivity index (χ2v) is 8.63. The topological polar surface area (TPSA) is 104 Å². The summed E-state index contributed by atoms with van der Waals surface area (Å²) in [4.78, 5) is 45.6. The van der Waals surface area contributed by atoms with Gasteiger partial charge in [0, 0.05) is 21.1 Å². The van der Waals surface area contributed by atoms with Crippen LogP contribution in [0.4, 0.5) is 5.13 Å². The number of nitrogens with one attached hydrogen (secondary N) is 1. The molecule has 11 heteroatoms. The van der Waals surface area contributed by atoms with Gasteiger partial charge in [-0.2, -0.15) is 0 Å². The van der Waals surface area contributed by atoms with Crippen molar-refractivity contribution in [2.75, 3.05) is 11.1 Å². The average Bonchev–Trinajstić information content (AvgIpc) is 3.22. The number of fused-ring (bicyclic) bond motifs is 2. The van der Waals surface area contributed by atoms with Crippen LogP contribution in [-0.2, 0) is 25.9 Å². The summed E-state index contributed by atoms with van der Waals surface area (Å²) >= 11 is 2.61. The zero-order valence-electron chi connectivity index (χ0n) is 16.2. The van der Waals surface area contributed by atoms with Crippen LogP contribution in [0.15, 0.2) is 32.9 Å². The highest BCUT2D eigenvalue weighted by Gasteiger charge is 2.18. The second kappa shape index (κ2) is 7.16. The minimum atomic E-state index is -0.459. The number of thioether (sulfide) groups is 1. The zero-order valence-corrected chi connectivity index (χ0v) is 17.8. The number of nitrogens with zero attached hydrogens (tertiary/aromatic N) is 5. The van der Waals surface area contributed by atoms with Crippen molar-refractivity contribution in [1.82, 2.24) is 23.7 Å². The second-order valence-electron chi connectivity index (χ2n) is 6.66. The molecule has 0 radical (unpaired) electrons. The number of hydrogen-bond donors (Lipinski definition) is 1. The van der Waals surface area contributed by atoms with E-state index in [2.05, 4.69) is 15.3 Å². The number of rotatable bonds is 4. The van der Waals surface area contributed by atoms with Crippen molar-refractivity contribution in [3.8, 4) is 0 Å². The number of thiazole rings is 1. The summed E-state index contributed by atoms with van der Waals surface area (Å²) in [5.41, 5.74) is 1.71. The van der Waals surface area contributed by atoms with E-state index in [0.717, 1.165) is 20.3 Å². The van der Waals surface area contributed by atoms with Gasteiger partial charge in [0.1, 0.15) is 0 Å². The Labute approximate surface area is 173 Å². The monoisotopic (exact) mass is 430 g/mol. The van der Waals surface area contributed by atoms with Crippen LogP contribution < -0.4 is 16.6 Å². The minimum absolute atomic E-state index is 0.0976. The van der Waals surface area contributed by atoms with Crippen LogP contribution >= 0.6 is 23.1 Å². The predicted octanol–water partition coefficient (Wildman–Crippen LogP) is 1.62. The Bertz CT molecular complexity index is 1390. The van der Waals surface area contributed by atoms with E-state index in [0.29, 0.717) is 15.9 Å². The van der Waals surface area contributed by atoms with Gasteiger partial charge < -0.3 is 9.88 Å². The fraction of sp³-hybridized carbons (Fsp3) is 0.278. The van der Waals surface area contributed by atoms with Crippen LogP contribution in [-0.4, -0.2) is 35.3 Å². The Balaban J connectivity index is 1.54. The Morgan fingerprint density at radius 2 is 1.90 bits per heavy atom. The maximum Gasteiger partial charge on any atom is 0.332 e. The summed E-state index contributed by atoms with van der Waals surface area (Å²) in [7, 11) is 4.71. The largest absolute Gasteiger partial charge is 0.332 e. The van der Waals surface area contributed by atoms with Crippen LogP contribution in [0.3, 0.4) is 0 Å². The van der Waals surface area contributed by atoms with Gasteiger partial charge in [0.15, 0.2) is 21.5 Å². The van der Waals surface area contributed by atoms with Crippen LogP contribution in [0.1, 0.15) is 5.56 Å². The Hall–Kier alpha value is -2.92. The van der Waals surface area contributed by atoms with Crippen LogP contribution in [0, 0.1) is 6.92 Å². The molecule has 1 N–H and O–H groups in total. The molecular formula is C18H18N6O3S2. The summed E-state index contributed by atoms with van der Waals surface area (Å²) in [6, 6.07) is 5.93. The molecule has 3 aromatic heterocycles. The van der Waals surface area contributed by atoms with Gasteiger partial charge in [0.2, 0.25) is 5.91 Å². The molecule has 0 spiro atoms. The highest BCUT2D eigenvalue weighted by molar-refractivity contribution is 7.99. The summed E-state index contributed by atoms with van der Waals surface area (Å²) in [6.07, 6.45) is 0. The summed E-state index contributed by atoms with van der Waals surface area (Å²) in [5, 5.41) is 3.82. The van der Waals surface area contributed by atoms with Crippen molar-refractivity contribution in [3.63, 3.8) is 0 Å². The van der Waals surface area contributed by atoms with E-state index in [1.165, 1.54) is 34.7 Å². The average molecular weight is 431 g/mol. The summed E-state index contributed by atoms with van der Waals surface area (Å²) in [5.74, 6) is -0.125. The summed E-state index contributed by atoms with van der Waals surface area (Å²) < 4.78 is 5.05. The zero-order chi connectivity index (χ0) is 20.9. The molecule has 3 heterocycles. The normalized spacial score (nSPS) is 11.4. The third-order valence-electron chi connectivity index (χ3n) is 4.55. The molecule has 0 saturated carbocycles.